The smallest absolute Gasteiger partial charge is 0.255 e. The largest absolute Gasteiger partial charge is 0.342 e. The quantitative estimate of drug-likeness (QED) is 0.674. The molecule has 0 N–H and O–H groups in total. The fourth-order valence-corrected chi connectivity index (χ4v) is 4.87. The summed E-state index contributed by atoms with van der Waals surface area (Å²) in [6.07, 6.45) is 0. The molecule has 0 saturated carbocycles. The zero-order valence-corrected chi connectivity index (χ0v) is 15.4. The van der Waals surface area contributed by atoms with Crippen molar-refractivity contribution in [3.05, 3.63) is 34.9 Å². The monoisotopic (exact) mass is 375 g/mol. The molecule has 4 rings (SSSR count). The summed E-state index contributed by atoms with van der Waals surface area (Å²) in [5.74, 6) is -2.96. The third kappa shape index (κ3) is 1.89. The predicted octanol–water partition coefficient (Wildman–Crippen LogP) is 0.626. The number of rotatable bonds is 1. The second kappa shape index (κ2) is 5.30. The Morgan fingerprint density at radius 1 is 1.12 bits per heavy atom. The summed E-state index contributed by atoms with van der Waals surface area (Å²) in [6, 6.07) is 5.84. The number of carbonyl (C=O) groups is 4. The Morgan fingerprint density at radius 2 is 1.73 bits per heavy atom. The standard InChI is InChI=1S/C18H18ClN3O4/c1-18-13-12(15(24)21(3)16(13)25)11(8-20(2)17(18)26)22(18)14(23)9-4-6-10(19)7-5-9/h4-7,11-13H,8H2,1-3H3/t11?,12?,13?,18-/m1/s1. The van der Waals surface area contributed by atoms with Gasteiger partial charge in [0, 0.05) is 31.2 Å². The molecule has 0 aliphatic carbocycles. The molecule has 3 unspecified atom stereocenters. The molecule has 4 atom stereocenters. The minimum Gasteiger partial charge on any atom is -0.342 e. The lowest BCUT2D eigenvalue weighted by atomic mass is 9.81. The number of imide groups is 1. The molecule has 136 valence electrons. The van der Waals surface area contributed by atoms with Gasteiger partial charge in [-0.2, -0.15) is 0 Å². The van der Waals surface area contributed by atoms with E-state index in [9.17, 15) is 19.2 Å². The van der Waals surface area contributed by atoms with E-state index in [0.29, 0.717) is 10.6 Å². The zero-order valence-electron chi connectivity index (χ0n) is 14.6. The van der Waals surface area contributed by atoms with E-state index in [2.05, 4.69) is 0 Å². The van der Waals surface area contributed by atoms with Crippen LogP contribution in [0.15, 0.2) is 24.3 Å². The molecule has 0 spiro atoms. The fourth-order valence-electron chi connectivity index (χ4n) is 4.74. The van der Waals surface area contributed by atoms with Gasteiger partial charge in [-0.3, -0.25) is 24.1 Å². The van der Waals surface area contributed by atoms with Crippen molar-refractivity contribution in [1.29, 1.82) is 0 Å². The van der Waals surface area contributed by atoms with Crippen LogP contribution in [-0.4, -0.2) is 70.5 Å². The van der Waals surface area contributed by atoms with Crippen molar-refractivity contribution in [2.45, 2.75) is 18.5 Å². The van der Waals surface area contributed by atoms with Crippen LogP contribution in [0.1, 0.15) is 17.3 Å². The molecule has 3 fully saturated rings. The van der Waals surface area contributed by atoms with Crippen molar-refractivity contribution in [2.24, 2.45) is 11.8 Å². The van der Waals surface area contributed by atoms with Gasteiger partial charge in [-0.05, 0) is 31.2 Å². The lowest BCUT2D eigenvalue weighted by molar-refractivity contribution is -0.153. The second-order valence-corrected chi connectivity index (χ2v) is 7.76. The number of likely N-dealkylation sites (N-methyl/N-ethyl adjacent to an activating group) is 1. The van der Waals surface area contributed by atoms with Crippen LogP contribution in [0.3, 0.4) is 0 Å². The molecular formula is C18H18ClN3O4. The molecule has 1 aromatic carbocycles. The molecule has 26 heavy (non-hydrogen) atoms. The van der Waals surface area contributed by atoms with Gasteiger partial charge in [-0.15, -0.1) is 0 Å². The maximum absolute atomic E-state index is 13.2. The van der Waals surface area contributed by atoms with Crippen LogP contribution in [0.25, 0.3) is 0 Å². The molecule has 0 radical (unpaired) electrons. The number of hydrogen-bond acceptors (Lipinski definition) is 4. The maximum Gasteiger partial charge on any atom is 0.255 e. The number of likely N-dealkylation sites (tertiary alicyclic amines) is 2. The normalized spacial score (nSPS) is 33.2. The Morgan fingerprint density at radius 3 is 2.35 bits per heavy atom. The van der Waals surface area contributed by atoms with Crippen LogP contribution >= 0.6 is 11.6 Å². The lowest BCUT2D eigenvalue weighted by Gasteiger charge is -2.46. The molecule has 3 heterocycles. The third-order valence-corrected chi connectivity index (χ3v) is 6.23. The van der Waals surface area contributed by atoms with E-state index in [1.54, 1.807) is 38.2 Å². The van der Waals surface area contributed by atoms with E-state index < -0.39 is 29.3 Å². The van der Waals surface area contributed by atoms with E-state index in [4.69, 9.17) is 11.6 Å². The van der Waals surface area contributed by atoms with E-state index in [-0.39, 0.29) is 24.3 Å². The third-order valence-electron chi connectivity index (χ3n) is 5.97. The van der Waals surface area contributed by atoms with E-state index in [1.165, 1.54) is 16.8 Å². The number of fused-ring (bicyclic) bond motifs is 5. The Kier molecular flexibility index (Phi) is 3.47. The first-order chi connectivity index (χ1) is 12.2. The highest BCUT2D eigenvalue weighted by molar-refractivity contribution is 6.30. The average molecular weight is 376 g/mol. The molecule has 3 saturated heterocycles. The topological polar surface area (TPSA) is 78.0 Å². The van der Waals surface area contributed by atoms with Gasteiger partial charge in [0.25, 0.3) is 5.91 Å². The molecule has 4 amide bonds. The van der Waals surface area contributed by atoms with Gasteiger partial charge in [0.1, 0.15) is 5.54 Å². The molecule has 8 heteroatoms. The molecule has 2 bridgehead atoms. The molecule has 3 aliphatic heterocycles. The summed E-state index contributed by atoms with van der Waals surface area (Å²) in [5.41, 5.74) is -1.01. The van der Waals surface area contributed by atoms with Crippen molar-refractivity contribution >= 4 is 35.2 Å². The number of amides is 4. The van der Waals surface area contributed by atoms with Crippen LogP contribution in [-0.2, 0) is 14.4 Å². The zero-order chi connectivity index (χ0) is 19.0. The first-order valence-electron chi connectivity index (χ1n) is 8.35. The van der Waals surface area contributed by atoms with Crippen LogP contribution in [0, 0.1) is 11.8 Å². The number of piperazine rings is 1. The Bertz CT molecular complexity index is 854. The summed E-state index contributed by atoms with van der Waals surface area (Å²) in [6.45, 7) is 1.82. The maximum atomic E-state index is 13.2. The summed E-state index contributed by atoms with van der Waals surface area (Å²) in [5, 5.41) is 0.494. The van der Waals surface area contributed by atoms with Crippen molar-refractivity contribution in [2.75, 3.05) is 20.6 Å². The van der Waals surface area contributed by atoms with Gasteiger partial charge in [0.2, 0.25) is 17.7 Å². The summed E-state index contributed by atoms with van der Waals surface area (Å²) in [4.78, 5) is 55.7. The molecule has 7 nitrogen and oxygen atoms in total. The first kappa shape index (κ1) is 17.0. The van der Waals surface area contributed by atoms with Crippen LogP contribution in [0.2, 0.25) is 5.02 Å². The SMILES string of the molecule is CN1CC2C3C(=O)N(C)C(=O)C3[C@](C)(C1=O)N2C(=O)c1ccc(Cl)cc1. The molecule has 0 aromatic heterocycles. The van der Waals surface area contributed by atoms with Gasteiger partial charge < -0.3 is 9.80 Å². The van der Waals surface area contributed by atoms with E-state index in [0.717, 1.165) is 4.90 Å². The minimum atomic E-state index is -1.38. The van der Waals surface area contributed by atoms with Crippen molar-refractivity contribution < 1.29 is 19.2 Å². The van der Waals surface area contributed by atoms with Gasteiger partial charge in [-0.25, -0.2) is 0 Å². The summed E-state index contributed by atoms with van der Waals surface area (Å²) in [7, 11) is 3.07. The van der Waals surface area contributed by atoms with E-state index in [1.807, 2.05) is 0 Å². The summed E-state index contributed by atoms with van der Waals surface area (Å²) >= 11 is 5.89. The average Bonchev–Trinajstić information content (AvgIpc) is 2.97. The first-order valence-corrected chi connectivity index (χ1v) is 8.73. The van der Waals surface area contributed by atoms with Crippen LogP contribution < -0.4 is 0 Å². The number of nitrogens with zero attached hydrogens (tertiary/aromatic N) is 3. The highest BCUT2D eigenvalue weighted by atomic mass is 35.5. The van der Waals surface area contributed by atoms with E-state index >= 15 is 0 Å². The van der Waals surface area contributed by atoms with Crippen molar-refractivity contribution in [3.63, 3.8) is 0 Å². The molecular weight excluding hydrogens is 358 g/mol. The van der Waals surface area contributed by atoms with Crippen molar-refractivity contribution in [3.8, 4) is 0 Å². The van der Waals surface area contributed by atoms with Gasteiger partial charge in [-0.1, -0.05) is 11.6 Å². The van der Waals surface area contributed by atoms with Crippen molar-refractivity contribution in [1.82, 2.24) is 14.7 Å². The highest BCUT2D eigenvalue weighted by Crippen LogP contribution is 2.52. The second-order valence-electron chi connectivity index (χ2n) is 7.32. The number of benzene rings is 1. The number of hydrogen-bond donors (Lipinski definition) is 0. The Hall–Kier alpha value is -2.41. The number of halogens is 1. The Labute approximate surface area is 155 Å². The minimum absolute atomic E-state index is 0.224. The Balaban J connectivity index is 1.85. The van der Waals surface area contributed by atoms with Gasteiger partial charge in [0.05, 0.1) is 17.9 Å². The molecule has 1 aromatic rings. The highest BCUT2D eigenvalue weighted by Gasteiger charge is 2.73. The van der Waals surface area contributed by atoms with Gasteiger partial charge in [0.15, 0.2) is 0 Å². The van der Waals surface area contributed by atoms with Crippen LogP contribution in [0.5, 0.6) is 0 Å². The predicted molar refractivity (Wildman–Crippen MR) is 92.2 cm³/mol. The lowest BCUT2D eigenvalue weighted by Crippen LogP contribution is -2.67. The van der Waals surface area contributed by atoms with Crippen LogP contribution in [0.4, 0.5) is 0 Å². The van der Waals surface area contributed by atoms with Gasteiger partial charge >= 0.3 is 0 Å². The fraction of sp³-hybridized carbons (Fsp3) is 0.444. The summed E-state index contributed by atoms with van der Waals surface area (Å²) < 4.78 is 0. The number of carbonyl (C=O) groups excluding carboxylic acids is 4. The molecule has 3 aliphatic rings.